The Balaban J connectivity index is 0.000000980. The molecule has 0 fully saturated rings. The minimum absolute atomic E-state index is 0. The summed E-state index contributed by atoms with van der Waals surface area (Å²) in [5, 5.41) is 3.06. The smallest absolute Gasteiger partial charge is 0.143 e. The zero-order valence-corrected chi connectivity index (χ0v) is 9.55. The van der Waals surface area contributed by atoms with Gasteiger partial charge in [0, 0.05) is 24.1 Å². The van der Waals surface area contributed by atoms with Gasteiger partial charge in [-0.25, -0.2) is 0 Å². The molecule has 1 aliphatic heterocycles. The Hall–Kier alpha value is -0.840. The maximum Gasteiger partial charge on any atom is 0.143 e. The highest BCUT2D eigenvalue weighted by Gasteiger charge is 2.24. The summed E-state index contributed by atoms with van der Waals surface area (Å²) in [4.78, 5) is 14.6. The molecule has 15 heavy (non-hydrogen) atoms. The van der Waals surface area contributed by atoms with Gasteiger partial charge in [-0.1, -0.05) is 0 Å². The Morgan fingerprint density at radius 3 is 2.93 bits per heavy atom. The number of hydrogen-bond acceptors (Lipinski definition) is 4. The third-order valence-electron chi connectivity index (χ3n) is 2.29. The monoisotopic (exact) mass is 249 g/mol. The first-order valence-electron chi connectivity index (χ1n) is 4.21. The lowest BCUT2D eigenvalue weighted by Crippen LogP contribution is -2.46. The highest BCUT2D eigenvalue weighted by atomic mass is 35.5. The Bertz CT molecular complexity index is 335. The molecular weight excluding hydrogens is 237 g/mol. The molecule has 3 N–H and O–H groups in total. The van der Waals surface area contributed by atoms with Crippen LogP contribution in [0.15, 0.2) is 18.5 Å². The zero-order chi connectivity index (χ0) is 9.26. The second-order valence-electron chi connectivity index (χ2n) is 3.21. The molecule has 0 saturated heterocycles. The van der Waals surface area contributed by atoms with E-state index in [-0.39, 0.29) is 36.9 Å². The third-order valence-corrected chi connectivity index (χ3v) is 2.29. The average Bonchev–Trinajstić information content (AvgIpc) is 2.17. The quantitative estimate of drug-likeness (QED) is 0.723. The molecule has 1 aromatic heterocycles. The SMILES string of the molecule is Cl.Cl.NC1Cc2cnccc2NC1C=O. The molecule has 1 aliphatic rings. The first-order chi connectivity index (χ1) is 6.31. The van der Waals surface area contributed by atoms with E-state index in [4.69, 9.17) is 5.73 Å². The predicted molar refractivity (Wildman–Crippen MR) is 63.9 cm³/mol. The van der Waals surface area contributed by atoms with Crippen molar-refractivity contribution in [1.82, 2.24) is 4.98 Å². The molecule has 0 saturated carbocycles. The van der Waals surface area contributed by atoms with Crippen LogP contribution in [0.4, 0.5) is 5.69 Å². The second-order valence-corrected chi connectivity index (χ2v) is 3.21. The summed E-state index contributed by atoms with van der Waals surface area (Å²) >= 11 is 0. The van der Waals surface area contributed by atoms with Crippen molar-refractivity contribution in [2.45, 2.75) is 18.5 Å². The maximum atomic E-state index is 10.6. The van der Waals surface area contributed by atoms with Gasteiger partial charge in [0.1, 0.15) is 6.29 Å². The van der Waals surface area contributed by atoms with Gasteiger partial charge in [0.05, 0.1) is 6.04 Å². The van der Waals surface area contributed by atoms with Gasteiger partial charge in [-0.05, 0) is 18.1 Å². The summed E-state index contributed by atoms with van der Waals surface area (Å²) in [6, 6.07) is 1.45. The highest BCUT2D eigenvalue weighted by Crippen LogP contribution is 2.21. The zero-order valence-electron chi connectivity index (χ0n) is 7.92. The van der Waals surface area contributed by atoms with Crippen LogP contribution in [0.1, 0.15) is 5.56 Å². The van der Waals surface area contributed by atoms with Crippen molar-refractivity contribution in [3.63, 3.8) is 0 Å². The van der Waals surface area contributed by atoms with E-state index in [0.29, 0.717) is 6.42 Å². The summed E-state index contributed by atoms with van der Waals surface area (Å²) in [7, 11) is 0. The normalized spacial score (nSPS) is 22.5. The van der Waals surface area contributed by atoms with E-state index in [1.807, 2.05) is 6.07 Å². The fourth-order valence-corrected chi connectivity index (χ4v) is 1.53. The molecule has 2 unspecified atom stereocenters. The summed E-state index contributed by atoms with van der Waals surface area (Å²) in [5.41, 5.74) is 7.83. The molecule has 0 aliphatic carbocycles. The molecule has 0 bridgehead atoms. The van der Waals surface area contributed by atoms with Crippen LogP contribution in [0, 0.1) is 0 Å². The van der Waals surface area contributed by atoms with E-state index in [0.717, 1.165) is 17.5 Å². The van der Waals surface area contributed by atoms with Gasteiger partial charge in [-0.15, -0.1) is 24.8 Å². The molecule has 2 atom stereocenters. The Morgan fingerprint density at radius 2 is 2.27 bits per heavy atom. The molecule has 0 spiro atoms. The molecular formula is C9H13Cl2N3O. The topological polar surface area (TPSA) is 68.0 Å². The Labute approximate surface area is 100 Å². The lowest BCUT2D eigenvalue weighted by atomic mass is 9.96. The number of fused-ring (bicyclic) bond motifs is 1. The number of hydrogen-bond donors (Lipinski definition) is 2. The number of carbonyl (C=O) groups is 1. The molecule has 4 nitrogen and oxygen atoms in total. The van der Waals surface area contributed by atoms with Crippen LogP contribution in [0.5, 0.6) is 0 Å². The molecule has 0 amide bonds. The van der Waals surface area contributed by atoms with Gasteiger partial charge in [0.15, 0.2) is 0 Å². The number of nitrogens with zero attached hydrogens (tertiary/aromatic N) is 1. The van der Waals surface area contributed by atoms with E-state index in [2.05, 4.69) is 10.3 Å². The number of aromatic nitrogens is 1. The number of pyridine rings is 1. The fraction of sp³-hybridized carbons (Fsp3) is 0.333. The minimum Gasteiger partial charge on any atom is -0.374 e. The van der Waals surface area contributed by atoms with Crippen molar-refractivity contribution in [2.24, 2.45) is 5.73 Å². The molecule has 2 heterocycles. The third kappa shape index (κ3) is 2.81. The van der Waals surface area contributed by atoms with Crippen molar-refractivity contribution in [1.29, 1.82) is 0 Å². The maximum absolute atomic E-state index is 10.6. The number of nitrogens with one attached hydrogen (secondary N) is 1. The van der Waals surface area contributed by atoms with Crippen LogP contribution in [0.2, 0.25) is 0 Å². The number of aldehydes is 1. The first-order valence-corrected chi connectivity index (χ1v) is 4.21. The molecule has 2 rings (SSSR count). The number of carbonyl (C=O) groups excluding carboxylic acids is 1. The number of nitrogens with two attached hydrogens (primary N) is 1. The lowest BCUT2D eigenvalue weighted by Gasteiger charge is -2.28. The van der Waals surface area contributed by atoms with Crippen LogP contribution in [0.3, 0.4) is 0 Å². The van der Waals surface area contributed by atoms with E-state index in [1.54, 1.807) is 12.4 Å². The second kappa shape index (κ2) is 5.90. The molecule has 0 radical (unpaired) electrons. The van der Waals surface area contributed by atoms with E-state index < -0.39 is 0 Å². The van der Waals surface area contributed by atoms with Gasteiger partial charge in [0.25, 0.3) is 0 Å². The largest absolute Gasteiger partial charge is 0.374 e. The van der Waals surface area contributed by atoms with E-state index in [9.17, 15) is 4.79 Å². The van der Waals surface area contributed by atoms with E-state index in [1.165, 1.54) is 0 Å². The van der Waals surface area contributed by atoms with Crippen molar-refractivity contribution in [2.75, 3.05) is 5.32 Å². The fourth-order valence-electron chi connectivity index (χ4n) is 1.53. The Kier molecular flexibility index (Phi) is 5.57. The number of halogens is 2. The number of anilines is 1. The molecule has 0 aromatic carbocycles. The van der Waals surface area contributed by atoms with Crippen LogP contribution in [-0.2, 0) is 11.2 Å². The standard InChI is InChI=1S/C9H11N3O.2ClH/c10-7-3-6-4-11-2-1-8(6)12-9(7)5-13;;/h1-2,4-5,7,9,12H,3,10H2;2*1H. The van der Waals surface area contributed by atoms with Crippen molar-refractivity contribution in [3.8, 4) is 0 Å². The summed E-state index contributed by atoms with van der Waals surface area (Å²) in [6.07, 6.45) is 5.04. The summed E-state index contributed by atoms with van der Waals surface area (Å²) < 4.78 is 0. The Morgan fingerprint density at radius 1 is 1.53 bits per heavy atom. The van der Waals surface area contributed by atoms with Crippen molar-refractivity contribution in [3.05, 3.63) is 24.0 Å². The molecule has 84 valence electrons. The van der Waals surface area contributed by atoms with Crippen LogP contribution >= 0.6 is 24.8 Å². The van der Waals surface area contributed by atoms with Gasteiger partial charge in [0.2, 0.25) is 0 Å². The van der Waals surface area contributed by atoms with Gasteiger partial charge >= 0.3 is 0 Å². The summed E-state index contributed by atoms with van der Waals surface area (Å²) in [6.45, 7) is 0. The first kappa shape index (κ1) is 14.2. The van der Waals surface area contributed by atoms with Crippen molar-refractivity contribution >= 4 is 36.8 Å². The van der Waals surface area contributed by atoms with Crippen LogP contribution in [0.25, 0.3) is 0 Å². The van der Waals surface area contributed by atoms with Crippen LogP contribution in [-0.4, -0.2) is 23.4 Å². The predicted octanol–water partition coefficient (Wildman–Crippen LogP) is 0.788. The van der Waals surface area contributed by atoms with Crippen LogP contribution < -0.4 is 11.1 Å². The summed E-state index contributed by atoms with van der Waals surface area (Å²) in [5.74, 6) is 0. The van der Waals surface area contributed by atoms with Gasteiger partial charge in [-0.2, -0.15) is 0 Å². The molecule has 6 heteroatoms. The van der Waals surface area contributed by atoms with Gasteiger partial charge < -0.3 is 15.8 Å². The van der Waals surface area contributed by atoms with Crippen molar-refractivity contribution < 1.29 is 4.79 Å². The van der Waals surface area contributed by atoms with Gasteiger partial charge in [-0.3, -0.25) is 4.98 Å². The van der Waals surface area contributed by atoms with E-state index >= 15 is 0 Å². The average molecular weight is 250 g/mol. The molecule has 1 aromatic rings. The number of rotatable bonds is 1. The highest BCUT2D eigenvalue weighted by molar-refractivity contribution is 5.85. The lowest BCUT2D eigenvalue weighted by molar-refractivity contribution is -0.108. The minimum atomic E-state index is -0.269.